The number of nitrogens with one attached hydrogen (secondary N) is 2. The van der Waals surface area contributed by atoms with E-state index in [-0.39, 0.29) is 12.0 Å². The third-order valence-corrected chi connectivity index (χ3v) is 3.01. The van der Waals surface area contributed by atoms with E-state index in [4.69, 9.17) is 15.1 Å². The van der Waals surface area contributed by atoms with E-state index in [1.54, 1.807) is 24.3 Å². The fourth-order valence-corrected chi connectivity index (χ4v) is 1.81. The summed E-state index contributed by atoms with van der Waals surface area (Å²) in [4.78, 5) is 22.5. The van der Waals surface area contributed by atoms with Gasteiger partial charge in [0.1, 0.15) is 11.6 Å². The van der Waals surface area contributed by atoms with Gasteiger partial charge in [0.2, 0.25) is 0 Å². The molecule has 0 fully saturated rings. The minimum Gasteiger partial charge on any atom is -0.481 e. The predicted molar refractivity (Wildman–Crippen MR) is 89.2 cm³/mol. The molecule has 0 unspecified atom stereocenters. The Bertz CT molecular complexity index is 618. The quantitative estimate of drug-likeness (QED) is 0.342. The molecule has 0 saturated heterocycles. The van der Waals surface area contributed by atoms with Gasteiger partial charge in [-0.05, 0) is 31.0 Å². The number of aliphatic carboxylic acids is 1. The zero-order valence-corrected chi connectivity index (χ0v) is 13.5. The van der Waals surface area contributed by atoms with Crippen LogP contribution < -0.4 is 10.6 Å². The molecule has 1 amide bonds. The molecule has 0 bridgehead atoms. The number of hydrogen-bond acceptors (Lipinski definition) is 5. The Hall–Kier alpha value is -2.85. The van der Waals surface area contributed by atoms with Gasteiger partial charge < -0.3 is 20.5 Å². The number of benzene rings is 1. The SMILES string of the molecule is CCOCCCNC(=O)/C(C#N)=C\Nc1ccc(CC(=O)O)cc1. The van der Waals surface area contributed by atoms with Gasteiger partial charge in [-0.3, -0.25) is 9.59 Å². The van der Waals surface area contributed by atoms with Crippen molar-refractivity contribution in [3.63, 3.8) is 0 Å². The van der Waals surface area contributed by atoms with Gasteiger partial charge in [-0.25, -0.2) is 0 Å². The number of carboxylic acid groups (broad SMARTS) is 1. The van der Waals surface area contributed by atoms with Crippen LogP contribution in [0.4, 0.5) is 5.69 Å². The van der Waals surface area contributed by atoms with E-state index in [1.165, 1.54) is 6.20 Å². The van der Waals surface area contributed by atoms with Crippen LogP contribution in [0, 0.1) is 11.3 Å². The smallest absolute Gasteiger partial charge is 0.307 e. The fraction of sp³-hybridized carbons (Fsp3) is 0.353. The van der Waals surface area contributed by atoms with Gasteiger partial charge in [-0.2, -0.15) is 5.26 Å². The molecule has 0 atom stereocenters. The van der Waals surface area contributed by atoms with Crippen molar-refractivity contribution in [2.24, 2.45) is 0 Å². The lowest BCUT2D eigenvalue weighted by Gasteiger charge is -2.06. The minimum absolute atomic E-state index is 0.0407. The van der Waals surface area contributed by atoms with Gasteiger partial charge in [0, 0.05) is 31.6 Å². The Labute approximate surface area is 140 Å². The summed E-state index contributed by atoms with van der Waals surface area (Å²) in [6.45, 7) is 3.52. The van der Waals surface area contributed by atoms with Crippen LogP contribution in [0.5, 0.6) is 0 Å². The number of rotatable bonds is 10. The summed E-state index contributed by atoms with van der Waals surface area (Å²) in [5, 5.41) is 23.3. The lowest BCUT2D eigenvalue weighted by Crippen LogP contribution is -2.26. The summed E-state index contributed by atoms with van der Waals surface area (Å²) in [5.41, 5.74) is 1.28. The van der Waals surface area contributed by atoms with Crippen LogP contribution in [-0.2, 0) is 20.7 Å². The number of anilines is 1. The van der Waals surface area contributed by atoms with Crippen molar-refractivity contribution in [2.45, 2.75) is 19.8 Å². The molecule has 0 aliphatic carbocycles. The van der Waals surface area contributed by atoms with Gasteiger partial charge in [0.25, 0.3) is 5.91 Å². The maximum Gasteiger partial charge on any atom is 0.307 e. The Morgan fingerprint density at radius 3 is 2.62 bits per heavy atom. The molecule has 0 aromatic heterocycles. The molecular weight excluding hydrogens is 310 g/mol. The summed E-state index contributed by atoms with van der Waals surface area (Å²) in [7, 11) is 0. The van der Waals surface area contributed by atoms with E-state index in [0.29, 0.717) is 37.4 Å². The second-order valence-electron chi connectivity index (χ2n) is 4.89. The van der Waals surface area contributed by atoms with Crippen LogP contribution in [0.1, 0.15) is 18.9 Å². The van der Waals surface area contributed by atoms with Crippen LogP contribution in [0.25, 0.3) is 0 Å². The van der Waals surface area contributed by atoms with Gasteiger partial charge >= 0.3 is 5.97 Å². The average Bonchev–Trinajstić information content (AvgIpc) is 2.56. The molecule has 0 aliphatic heterocycles. The molecule has 1 aromatic carbocycles. The van der Waals surface area contributed by atoms with Gasteiger partial charge in [0.05, 0.1) is 6.42 Å². The molecule has 0 aliphatic rings. The second-order valence-corrected chi connectivity index (χ2v) is 4.89. The lowest BCUT2D eigenvalue weighted by atomic mass is 10.1. The first-order valence-electron chi connectivity index (χ1n) is 7.60. The van der Waals surface area contributed by atoms with E-state index in [2.05, 4.69) is 10.6 Å². The zero-order valence-electron chi connectivity index (χ0n) is 13.5. The van der Waals surface area contributed by atoms with Crippen molar-refractivity contribution in [3.8, 4) is 6.07 Å². The van der Waals surface area contributed by atoms with Crippen molar-refractivity contribution in [1.29, 1.82) is 5.26 Å². The molecule has 1 aromatic rings. The summed E-state index contributed by atoms with van der Waals surface area (Å²) in [6, 6.07) is 8.55. The first-order valence-corrected chi connectivity index (χ1v) is 7.60. The molecule has 0 heterocycles. The molecule has 24 heavy (non-hydrogen) atoms. The second kappa shape index (κ2) is 10.8. The standard InChI is InChI=1S/C17H21N3O4/c1-2-24-9-3-8-19-17(23)14(11-18)12-20-15-6-4-13(5-7-15)10-16(21)22/h4-7,12,20H,2-3,8-10H2,1H3,(H,19,23)(H,21,22)/b14-12-. The predicted octanol–water partition coefficient (Wildman–Crippen LogP) is 1.68. The largest absolute Gasteiger partial charge is 0.481 e. The van der Waals surface area contributed by atoms with Crippen LogP contribution in [0.2, 0.25) is 0 Å². The summed E-state index contributed by atoms with van der Waals surface area (Å²) < 4.78 is 5.16. The number of amides is 1. The zero-order chi connectivity index (χ0) is 17.8. The van der Waals surface area contributed by atoms with Crippen LogP contribution >= 0.6 is 0 Å². The minimum atomic E-state index is -0.900. The summed E-state index contributed by atoms with van der Waals surface area (Å²) in [6.07, 6.45) is 1.95. The highest BCUT2D eigenvalue weighted by Crippen LogP contribution is 2.10. The van der Waals surface area contributed by atoms with Crippen LogP contribution in [-0.4, -0.2) is 36.7 Å². The Morgan fingerprint density at radius 2 is 2.04 bits per heavy atom. The van der Waals surface area contributed by atoms with Crippen molar-refractivity contribution < 1.29 is 19.4 Å². The van der Waals surface area contributed by atoms with E-state index in [0.717, 1.165) is 0 Å². The van der Waals surface area contributed by atoms with Crippen molar-refractivity contribution >= 4 is 17.6 Å². The van der Waals surface area contributed by atoms with E-state index in [9.17, 15) is 9.59 Å². The summed E-state index contributed by atoms with van der Waals surface area (Å²) in [5.74, 6) is -1.35. The van der Waals surface area contributed by atoms with Gasteiger partial charge in [-0.1, -0.05) is 12.1 Å². The number of nitriles is 1. The number of ether oxygens (including phenoxy) is 1. The molecule has 0 spiro atoms. The number of nitrogens with zero attached hydrogens (tertiary/aromatic N) is 1. The summed E-state index contributed by atoms with van der Waals surface area (Å²) >= 11 is 0. The Morgan fingerprint density at radius 1 is 1.33 bits per heavy atom. The lowest BCUT2D eigenvalue weighted by molar-refractivity contribution is -0.136. The van der Waals surface area contributed by atoms with E-state index < -0.39 is 11.9 Å². The third-order valence-electron chi connectivity index (χ3n) is 3.01. The number of carbonyl (C=O) groups is 2. The number of hydrogen-bond donors (Lipinski definition) is 3. The molecule has 0 saturated carbocycles. The number of carboxylic acids is 1. The van der Waals surface area contributed by atoms with Crippen molar-refractivity contribution in [3.05, 3.63) is 41.6 Å². The number of carbonyl (C=O) groups excluding carboxylic acids is 1. The van der Waals surface area contributed by atoms with Gasteiger partial charge in [-0.15, -0.1) is 0 Å². The van der Waals surface area contributed by atoms with Crippen molar-refractivity contribution in [1.82, 2.24) is 5.32 Å². The molecule has 3 N–H and O–H groups in total. The topological polar surface area (TPSA) is 111 Å². The Balaban J connectivity index is 2.51. The molecule has 1 rings (SSSR count). The molecule has 0 radical (unpaired) electrons. The molecular formula is C17H21N3O4. The fourth-order valence-electron chi connectivity index (χ4n) is 1.81. The first-order chi connectivity index (χ1) is 11.6. The molecule has 7 heteroatoms. The maximum absolute atomic E-state index is 11.9. The monoisotopic (exact) mass is 331 g/mol. The maximum atomic E-state index is 11.9. The van der Waals surface area contributed by atoms with Crippen molar-refractivity contribution in [2.75, 3.05) is 25.1 Å². The highest BCUT2D eigenvalue weighted by atomic mass is 16.5. The average molecular weight is 331 g/mol. The Kier molecular flexibility index (Phi) is 8.64. The van der Waals surface area contributed by atoms with Crippen LogP contribution in [0.15, 0.2) is 36.0 Å². The van der Waals surface area contributed by atoms with Crippen LogP contribution in [0.3, 0.4) is 0 Å². The van der Waals surface area contributed by atoms with Gasteiger partial charge in [0.15, 0.2) is 0 Å². The highest BCUT2D eigenvalue weighted by Gasteiger charge is 2.07. The van der Waals surface area contributed by atoms with E-state index >= 15 is 0 Å². The molecule has 128 valence electrons. The molecule has 7 nitrogen and oxygen atoms in total. The normalized spacial score (nSPS) is 10.8. The highest BCUT2D eigenvalue weighted by molar-refractivity contribution is 5.97. The third kappa shape index (κ3) is 7.42. The first kappa shape index (κ1) is 19.2. The van der Waals surface area contributed by atoms with E-state index in [1.807, 2.05) is 13.0 Å².